The van der Waals surface area contributed by atoms with Crippen LogP contribution in [0.4, 0.5) is 4.39 Å². The molecule has 1 heterocycles. The fourth-order valence-corrected chi connectivity index (χ4v) is 2.44. The minimum absolute atomic E-state index is 0.0236. The van der Waals surface area contributed by atoms with Gasteiger partial charge in [-0.2, -0.15) is 0 Å². The molecule has 1 aliphatic heterocycles. The molecule has 21 heavy (non-hydrogen) atoms. The molecule has 4 nitrogen and oxygen atoms in total. The van der Waals surface area contributed by atoms with Crippen LogP contribution >= 0.6 is 0 Å². The minimum Gasteiger partial charge on any atom is -0.322 e. The second kappa shape index (κ2) is 5.10. The molecule has 0 bridgehead atoms. The van der Waals surface area contributed by atoms with Crippen molar-refractivity contribution in [1.82, 2.24) is 4.90 Å². The summed E-state index contributed by atoms with van der Waals surface area (Å²) in [6.07, 6.45) is 0. The van der Waals surface area contributed by atoms with E-state index in [0.29, 0.717) is 16.7 Å². The molecule has 2 aromatic carbocycles. The maximum atomic E-state index is 13.2. The predicted octanol–water partition coefficient (Wildman–Crippen LogP) is 2.12. The van der Waals surface area contributed by atoms with E-state index in [1.807, 2.05) is 0 Å². The molecule has 0 saturated carbocycles. The second-order valence-corrected chi connectivity index (χ2v) is 4.93. The molecule has 0 aliphatic carbocycles. The van der Waals surface area contributed by atoms with Crippen molar-refractivity contribution in [2.75, 3.05) is 6.54 Å². The van der Waals surface area contributed by atoms with E-state index < -0.39 is 11.9 Å². The predicted molar refractivity (Wildman–Crippen MR) is 75.1 cm³/mol. The Kier molecular flexibility index (Phi) is 3.27. The molecule has 1 atom stereocenters. The lowest BCUT2D eigenvalue weighted by Crippen LogP contribution is -2.36. The first kappa shape index (κ1) is 13.5. The molecule has 3 rings (SSSR count). The van der Waals surface area contributed by atoms with Gasteiger partial charge in [0, 0.05) is 12.6 Å². The summed E-state index contributed by atoms with van der Waals surface area (Å²) in [7, 11) is 0. The third-order valence-electron chi connectivity index (χ3n) is 3.53. The second-order valence-electron chi connectivity index (χ2n) is 4.93. The van der Waals surface area contributed by atoms with E-state index in [1.54, 1.807) is 36.4 Å². The van der Waals surface area contributed by atoms with Gasteiger partial charge < -0.3 is 5.73 Å². The van der Waals surface area contributed by atoms with E-state index in [-0.39, 0.29) is 18.4 Å². The highest BCUT2D eigenvalue weighted by molar-refractivity contribution is 6.21. The molecular weight excluding hydrogens is 271 g/mol. The molecule has 0 fully saturated rings. The van der Waals surface area contributed by atoms with Crippen LogP contribution in [0.25, 0.3) is 0 Å². The van der Waals surface area contributed by atoms with Crippen molar-refractivity contribution in [3.8, 4) is 0 Å². The lowest BCUT2D eigenvalue weighted by molar-refractivity contribution is 0.0645. The maximum absolute atomic E-state index is 13.2. The molecule has 2 amide bonds. The van der Waals surface area contributed by atoms with Crippen molar-refractivity contribution in [3.63, 3.8) is 0 Å². The molecule has 106 valence electrons. The van der Waals surface area contributed by atoms with Gasteiger partial charge in [0.2, 0.25) is 0 Å². The Bertz CT molecular complexity index is 695. The van der Waals surface area contributed by atoms with Crippen LogP contribution in [0.5, 0.6) is 0 Å². The number of benzene rings is 2. The highest BCUT2D eigenvalue weighted by Crippen LogP contribution is 2.24. The van der Waals surface area contributed by atoms with Gasteiger partial charge in [-0.1, -0.05) is 24.3 Å². The maximum Gasteiger partial charge on any atom is 0.261 e. The summed E-state index contributed by atoms with van der Waals surface area (Å²) in [6, 6.07) is 11.9. The van der Waals surface area contributed by atoms with Crippen molar-refractivity contribution >= 4 is 11.8 Å². The molecule has 1 aliphatic rings. The van der Waals surface area contributed by atoms with Crippen molar-refractivity contribution < 1.29 is 14.0 Å². The highest BCUT2D eigenvalue weighted by atomic mass is 19.1. The topological polar surface area (TPSA) is 63.4 Å². The van der Waals surface area contributed by atoms with Crippen molar-refractivity contribution in [1.29, 1.82) is 0 Å². The number of hydrogen-bond donors (Lipinski definition) is 1. The number of hydrogen-bond acceptors (Lipinski definition) is 3. The van der Waals surface area contributed by atoms with Crippen LogP contribution in [-0.2, 0) is 0 Å². The van der Waals surface area contributed by atoms with Crippen molar-refractivity contribution in [3.05, 3.63) is 71.0 Å². The standard InChI is InChI=1S/C16H13FN2O2/c17-11-5-3-4-10(8-11)14(18)9-19-15(20)12-6-1-2-7-13(12)16(19)21/h1-8,14H,9,18H2. The van der Waals surface area contributed by atoms with Crippen LogP contribution in [0.1, 0.15) is 32.3 Å². The Balaban J connectivity index is 1.84. The molecule has 0 spiro atoms. The van der Waals surface area contributed by atoms with E-state index in [2.05, 4.69) is 0 Å². The Morgan fingerprint density at radius 2 is 1.62 bits per heavy atom. The Labute approximate surface area is 121 Å². The average molecular weight is 284 g/mol. The van der Waals surface area contributed by atoms with Crippen LogP contribution in [0.2, 0.25) is 0 Å². The minimum atomic E-state index is -0.622. The van der Waals surface area contributed by atoms with Gasteiger partial charge in [0.05, 0.1) is 11.1 Å². The summed E-state index contributed by atoms with van der Waals surface area (Å²) in [5.41, 5.74) is 7.30. The summed E-state index contributed by atoms with van der Waals surface area (Å²) in [6.45, 7) is 0.0236. The molecule has 5 heteroatoms. The zero-order valence-corrected chi connectivity index (χ0v) is 11.1. The molecule has 1 unspecified atom stereocenters. The van der Waals surface area contributed by atoms with Crippen LogP contribution in [0.3, 0.4) is 0 Å². The number of halogens is 1. The number of carbonyl (C=O) groups is 2. The van der Waals surface area contributed by atoms with E-state index in [0.717, 1.165) is 4.90 Å². The molecule has 2 aromatic rings. The van der Waals surface area contributed by atoms with Gasteiger partial charge in [0.25, 0.3) is 11.8 Å². The largest absolute Gasteiger partial charge is 0.322 e. The molecule has 0 saturated heterocycles. The first-order valence-electron chi connectivity index (χ1n) is 6.54. The van der Waals surface area contributed by atoms with Gasteiger partial charge in [-0.3, -0.25) is 14.5 Å². The lowest BCUT2D eigenvalue weighted by atomic mass is 10.1. The number of amides is 2. The third-order valence-corrected chi connectivity index (χ3v) is 3.53. The normalized spacial score (nSPS) is 15.2. The average Bonchev–Trinajstić information content (AvgIpc) is 2.73. The lowest BCUT2D eigenvalue weighted by Gasteiger charge is -2.19. The van der Waals surface area contributed by atoms with Crippen molar-refractivity contribution in [2.24, 2.45) is 5.73 Å². The van der Waals surface area contributed by atoms with Gasteiger partial charge >= 0.3 is 0 Å². The van der Waals surface area contributed by atoms with E-state index in [4.69, 9.17) is 5.73 Å². The summed E-state index contributed by atoms with van der Waals surface area (Å²) in [5, 5.41) is 0. The molecule has 0 aromatic heterocycles. The zero-order valence-electron chi connectivity index (χ0n) is 11.1. The van der Waals surface area contributed by atoms with Gasteiger partial charge in [-0.25, -0.2) is 4.39 Å². The monoisotopic (exact) mass is 284 g/mol. The third kappa shape index (κ3) is 2.32. The fraction of sp³-hybridized carbons (Fsp3) is 0.125. The van der Waals surface area contributed by atoms with Crippen molar-refractivity contribution in [2.45, 2.75) is 6.04 Å². The SMILES string of the molecule is NC(CN1C(=O)c2ccccc2C1=O)c1cccc(F)c1. The Hall–Kier alpha value is -2.53. The Morgan fingerprint density at radius 1 is 1.00 bits per heavy atom. The van der Waals surface area contributed by atoms with Crippen LogP contribution < -0.4 is 5.73 Å². The number of nitrogens with two attached hydrogens (primary N) is 1. The van der Waals surface area contributed by atoms with Gasteiger partial charge in [0.15, 0.2) is 0 Å². The smallest absolute Gasteiger partial charge is 0.261 e. The Morgan fingerprint density at radius 3 is 2.19 bits per heavy atom. The molecular formula is C16H13FN2O2. The number of carbonyl (C=O) groups excluding carboxylic acids is 2. The molecule has 0 radical (unpaired) electrons. The van der Waals surface area contributed by atoms with Crippen LogP contribution in [0, 0.1) is 5.82 Å². The zero-order chi connectivity index (χ0) is 15.0. The fourth-order valence-electron chi connectivity index (χ4n) is 2.44. The molecule has 2 N–H and O–H groups in total. The van der Waals surface area contributed by atoms with E-state index >= 15 is 0 Å². The summed E-state index contributed by atoms with van der Waals surface area (Å²) in [4.78, 5) is 25.5. The van der Waals surface area contributed by atoms with Gasteiger partial charge in [-0.15, -0.1) is 0 Å². The first-order chi connectivity index (χ1) is 10.1. The van der Waals surface area contributed by atoms with Crippen LogP contribution in [-0.4, -0.2) is 23.3 Å². The number of imide groups is 1. The quantitative estimate of drug-likeness (QED) is 0.878. The number of nitrogens with zero attached hydrogens (tertiary/aromatic N) is 1. The van der Waals surface area contributed by atoms with Gasteiger partial charge in [0.1, 0.15) is 5.82 Å². The van der Waals surface area contributed by atoms with Gasteiger partial charge in [-0.05, 0) is 29.8 Å². The summed E-state index contributed by atoms with van der Waals surface area (Å²) >= 11 is 0. The van der Waals surface area contributed by atoms with E-state index in [1.165, 1.54) is 12.1 Å². The summed E-state index contributed by atoms with van der Waals surface area (Å²) in [5.74, 6) is -1.12. The number of rotatable bonds is 3. The number of fused-ring (bicyclic) bond motifs is 1. The van der Waals surface area contributed by atoms with E-state index in [9.17, 15) is 14.0 Å². The summed E-state index contributed by atoms with van der Waals surface area (Å²) < 4.78 is 13.2. The first-order valence-corrected chi connectivity index (χ1v) is 6.54. The highest BCUT2D eigenvalue weighted by Gasteiger charge is 2.35. The van der Waals surface area contributed by atoms with Crippen LogP contribution in [0.15, 0.2) is 48.5 Å².